The maximum absolute atomic E-state index is 5.69. The van der Waals surface area contributed by atoms with Crippen LogP contribution in [0.2, 0.25) is 0 Å². The first-order valence-electron chi connectivity index (χ1n) is 6.32. The van der Waals surface area contributed by atoms with Gasteiger partial charge in [-0.3, -0.25) is 0 Å². The molecule has 1 aromatic carbocycles. The van der Waals surface area contributed by atoms with Crippen LogP contribution in [0.4, 0.5) is 0 Å². The Balaban J connectivity index is 2.32. The molecule has 1 nitrogen and oxygen atoms in total. The molecule has 0 saturated heterocycles. The standard InChI is InChI=1S/C15H24O/c1-12(2)6-5-11-16-15-9-7-14(8-10-15)13(3)4/h7-10,12-13H,5-6,11H2,1-4H3. The first kappa shape index (κ1) is 13.1. The lowest BCUT2D eigenvalue weighted by Gasteiger charge is -2.09. The monoisotopic (exact) mass is 220 g/mol. The smallest absolute Gasteiger partial charge is 0.119 e. The number of rotatable bonds is 6. The summed E-state index contributed by atoms with van der Waals surface area (Å²) in [6.45, 7) is 9.74. The van der Waals surface area contributed by atoms with Gasteiger partial charge in [-0.25, -0.2) is 0 Å². The molecule has 0 N–H and O–H groups in total. The molecule has 0 aliphatic rings. The lowest BCUT2D eigenvalue weighted by Crippen LogP contribution is -1.99. The van der Waals surface area contributed by atoms with E-state index in [9.17, 15) is 0 Å². The number of hydrogen-bond donors (Lipinski definition) is 0. The quantitative estimate of drug-likeness (QED) is 0.635. The molecule has 0 aliphatic carbocycles. The van der Waals surface area contributed by atoms with Gasteiger partial charge >= 0.3 is 0 Å². The van der Waals surface area contributed by atoms with Gasteiger partial charge in [-0.2, -0.15) is 0 Å². The lowest BCUT2D eigenvalue weighted by molar-refractivity contribution is 0.297. The highest BCUT2D eigenvalue weighted by atomic mass is 16.5. The average molecular weight is 220 g/mol. The second-order valence-corrected chi connectivity index (χ2v) is 5.11. The summed E-state index contributed by atoms with van der Waals surface area (Å²) in [4.78, 5) is 0. The molecule has 0 unspecified atom stereocenters. The van der Waals surface area contributed by atoms with E-state index in [0.29, 0.717) is 5.92 Å². The van der Waals surface area contributed by atoms with E-state index in [4.69, 9.17) is 4.74 Å². The van der Waals surface area contributed by atoms with Crippen molar-refractivity contribution in [3.05, 3.63) is 29.8 Å². The van der Waals surface area contributed by atoms with Crippen LogP contribution in [0.3, 0.4) is 0 Å². The zero-order valence-electron chi connectivity index (χ0n) is 11.0. The van der Waals surface area contributed by atoms with Gasteiger partial charge < -0.3 is 4.74 Å². The highest BCUT2D eigenvalue weighted by molar-refractivity contribution is 5.28. The first-order valence-corrected chi connectivity index (χ1v) is 6.32. The van der Waals surface area contributed by atoms with Crippen molar-refractivity contribution in [2.75, 3.05) is 6.61 Å². The van der Waals surface area contributed by atoms with Gasteiger partial charge in [0.2, 0.25) is 0 Å². The SMILES string of the molecule is CC(C)CCCOc1ccc(C(C)C)cc1. The molecule has 0 spiro atoms. The Kier molecular flexibility index (Phi) is 5.37. The van der Waals surface area contributed by atoms with Gasteiger partial charge in [0, 0.05) is 0 Å². The topological polar surface area (TPSA) is 9.23 Å². The fourth-order valence-electron chi connectivity index (χ4n) is 1.63. The summed E-state index contributed by atoms with van der Waals surface area (Å²) >= 11 is 0. The third kappa shape index (κ3) is 4.69. The molecular weight excluding hydrogens is 196 g/mol. The lowest BCUT2D eigenvalue weighted by atomic mass is 10.0. The molecule has 1 rings (SSSR count). The predicted octanol–water partition coefficient (Wildman–Crippen LogP) is 4.63. The van der Waals surface area contributed by atoms with Crippen molar-refractivity contribution in [2.45, 2.75) is 46.5 Å². The summed E-state index contributed by atoms with van der Waals surface area (Å²) in [6, 6.07) is 8.46. The molecule has 0 saturated carbocycles. The van der Waals surface area contributed by atoms with Crippen molar-refractivity contribution < 1.29 is 4.74 Å². The predicted molar refractivity (Wildman–Crippen MR) is 70.1 cm³/mol. The highest BCUT2D eigenvalue weighted by Gasteiger charge is 1.99. The highest BCUT2D eigenvalue weighted by Crippen LogP contribution is 2.18. The van der Waals surface area contributed by atoms with E-state index in [0.717, 1.165) is 24.7 Å². The molecule has 1 aromatic rings. The Morgan fingerprint density at radius 2 is 1.62 bits per heavy atom. The first-order chi connectivity index (χ1) is 7.59. The molecule has 0 atom stereocenters. The van der Waals surface area contributed by atoms with Crippen LogP contribution in [-0.2, 0) is 0 Å². The van der Waals surface area contributed by atoms with E-state index < -0.39 is 0 Å². The molecule has 16 heavy (non-hydrogen) atoms. The summed E-state index contributed by atoms with van der Waals surface area (Å²) in [6.07, 6.45) is 2.38. The molecule has 0 amide bonds. The zero-order chi connectivity index (χ0) is 12.0. The normalized spacial score (nSPS) is 11.1. The minimum atomic E-state index is 0.593. The minimum absolute atomic E-state index is 0.593. The molecule has 0 aromatic heterocycles. The van der Waals surface area contributed by atoms with Crippen LogP contribution in [0, 0.1) is 5.92 Å². The fraction of sp³-hybridized carbons (Fsp3) is 0.600. The van der Waals surface area contributed by atoms with E-state index in [-0.39, 0.29) is 0 Å². The van der Waals surface area contributed by atoms with E-state index in [1.807, 2.05) is 0 Å². The van der Waals surface area contributed by atoms with Crippen LogP contribution in [0.5, 0.6) is 5.75 Å². The van der Waals surface area contributed by atoms with Gasteiger partial charge in [0.05, 0.1) is 6.61 Å². The molecular formula is C15H24O. The molecule has 0 radical (unpaired) electrons. The molecule has 0 aliphatic heterocycles. The summed E-state index contributed by atoms with van der Waals surface area (Å²) in [5.74, 6) is 2.36. The Hall–Kier alpha value is -0.980. The molecule has 1 heteroatoms. The van der Waals surface area contributed by atoms with E-state index in [1.54, 1.807) is 0 Å². The summed E-state index contributed by atoms with van der Waals surface area (Å²) in [7, 11) is 0. The van der Waals surface area contributed by atoms with Crippen molar-refractivity contribution in [3.63, 3.8) is 0 Å². The van der Waals surface area contributed by atoms with Gasteiger partial charge in [0.1, 0.15) is 5.75 Å². The van der Waals surface area contributed by atoms with Gasteiger partial charge in [-0.05, 0) is 42.4 Å². The molecule has 0 heterocycles. The van der Waals surface area contributed by atoms with Crippen molar-refractivity contribution in [3.8, 4) is 5.75 Å². The Bertz CT molecular complexity index is 285. The second-order valence-electron chi connectivity index (χ2n) is 5.11. The van der Waals surface area contributed by atoms with Gasteiger partial charge in [0.15, 0.2) is 0 Å². The molecule has 90 valence electrons. The second kappa shape index (κ2) is 6.57. The number of benzene rings is 1. The van der Waals surface area contributed by atoms with Gasteiger partial charge in [-0.1, -0.05) is 39.8 Å². The average Bonchev–Trinajstić information content (AvgIpc) is 2.25. The van der Waals surface area contributed by atoms with Crippen LogP contribution >= 0.6 is 0 Å². The van der Waals surface area contributed by atoms with E-state index >= 15 is 0 Å². The summed E-state index contributed by atoms with van der Waals surface area (Å²) < 4.78 is 5.69. The van der Waals surface area contributed by atoms with Crippen LogP contribution < -0.4 is 4.74 Å². The van der Waals surface area contributed by atoms with Crippen molar-refractivity contribution in [1.29, 1.82) is 0 Å². The summed E-state index contributed by atoms with van der Waals surface area (Å²) in [5, 5.41) is 0. The van der Waals surface area contributed by atoms with Crippen LogP contribution in [0.15, 0.2) is 24.3 Å². The Morgan fingerprint density at radius 3 is 2.12 bits per heavy atom. The van der Waals surface area contributed by atoms with Crippen molar-refractivity contribution >= 4 is 0 Å². The van der Waals surface area contributed by atoms with Crippen LogP contribution in [0.25, 0.3) is 0 Å². The van der Waals surface area contributed by atoms with Gasteiger partial charge in [0.25, 0.3) is 0 Å². The van der Waals surface area contributed by atoms with Gasteiger partial charge in [-0.15, -0.1) is 0 Å². The largest absolute Gasteiger partial charge is 0.494 e. The maximum atomic E-state index is 5.69. The number of ether oxygens (including phenoxy) is 1. The van der Waals surface area contributed by atoms with E-state index in [1.165, 1.54) is 12.0 Å². The summed E-state index contributed by atoms with van der Waals surface area (Å²) in [5.41, 5.74) is 1.37. The maximum Gasteiger partial charge on any atom is 0.119 e. The van der Waals surface area contributed by atoms with Crippen LogP contribution in [-0.4, -0.2) is 6.61 Å². The molecule has 0 bridgehead atoms. The third-order valence-electron chi connectivity index (χ3n) is 2.74. The molecule has 0 fully saturated rings. The Labute approximate surface area is 99.8 Å². The van der Waals surface area contributed by atoms with Crippen LogP contribution in [0.1, 0.15) is 52.0 Å². The fourth-order valence-corrected chi connectivity index (χ4v) is 1.63. The van der Waals surface area contributed by atoms with Crippen molar-refractivity contribution in [1.82, 2.24) is 0 Å². The third-order valence-corrected chi connectivity index (χ3v) is 2.74. The zero-order valence-corrected chi connectivity index (χ0v) is 11.0. The Morgan fingerprint density at radius 1 is 1.00 bits per heavy atom. The van der Waals surface area contributed by atoms with E-state index in [2.05, 4.69) is 52.0 Å². The minimum Gasteiger partial charge on any atom is -0.494 e. The number of hydrogen-bond acceptors (Lipinski definition) is 1. The van der Waals surface area contributed by atoms with Crippen molar-refractivity contribution in [2.24, 2.45) is 5.92 Å².